The number of hydrogen-bond acceptors (Lipinski definition) is 3. The van der Waals surface area contributed by atoms with Crippen molar-refractivity contribution in [2.75, 3.05) is 19.7 Å². The zero-order valence-electron chi connectivity index (χ0n) is 11.8. The molecule has 1 unspecified atom stereocenters. The number of rotatable bonds is 5. The maximum atomic E-state index is 12.0. The molecular weight excluding hydrogens is 260 g/mol. The van der Waals surface area contributed by atoms with E-state index in [1.54, 1.807) is 0 Å². The Morgan fingerprint density at radius 2 is 1.85 bits per heavy atom. The number of likely N-dealkylation sites (tertiary alicyclic amines) is 1. The zero-order chi connectivity index (χ0) is 14.4. The highest BCUT2D eigenvalue weighted by Gasteiger charge is 2.31. The number of carbonyl (C=O) groups is 2. The van der Waals surface area contributed by atoms with E-state index in [1.807, 2.05) is 0 Å². The molecule has 20 heavy (non-hydrogen) atoms. The summed E-state index contributed by atoms with van der Waals surface area (Å²) < 4.78 is 5.67. The van der Waals surface area contributed by atoms with Crippen molar-refractivity contribution in [1.29, 1.82) is 0 Å². The number of nitrogens with one attached hydrogen (secondary N) is 1. The molecule has 2 amide bonds. The molecule has 6 heteroatoms. The predicted molar refractivity (Wildman–Crippen MR) is 73.6 cm³/mol. The van der Waals surface area contributed by atoms with Gasteiger partial charge in [-0.15, -0.1) is 0 Å². The van der Waals surface area contributed by atoms with Gasteiger partial charge in [-0.3, -0.25) is 0 Å². The summed E-state index contributed by atoms with van der Waals surface area (Å²) in [6.07, 6.45) is 7.30. The van der Waals surface area contributed by atoms with Gasteiger partial charge in [-0.25, -0.2) is 9.59 Å². The standard InChI is InChI=1S/C14H24N2O4/c17-13(18)12-7-3-4-9-16(12)14(19)15-8-10-20-11-5-1-2-6-11/h11-12H,1-10H2,(H,15,19)(H,17,18). The smallest absolute Gasteiger partial charge is 0.326 e. The number of amides is 2. The third-order valence-corrected chi connectivity index (χ3v) is 4.08. The number of ether oxygens (including phenoxy) is 1. The van der Waals surface area contributed by atoms with E-state index in [4.69, 9.17) is 9.84 Å². The number of nitrogens with zero attached hydrogens (tertiary/aromatic N) is 1. The summed E-state index contributed by atoms with van der Waals surface area (Å²) in [6.45, 7) is 1.46. The molecule has 0 bridgehead atoms. The lowest BCUT2D eigenvalue weighted by molar-refractivity contribution is -0.143. The number of urea groups is 1. The largest absolute Gasteiger partial charge is 0.480 e. The van der Waals surface area contributed by atoms with Crippen LogP contribution in [-0.4, -0.2) is 53.8 Å². The van der Waals surface area contributed by atoms with E-state index in [2.05, 4.69) is 5.32 Å². The minimum atomic E-state index is -0.915. The molecule has 1 atom stereocenters. The number of carbonyl (C=O) groups excluding carboxylic acids is 1. The molecule has 0 aromatic heterocycles. The quantitative estimate of drug-likeness (QED) is 0.752. The molecule has 1 saturated heterocycles. The normalized spacial score (nSPS) is 23.8. The first kappa shape index (κ1) is 15.1. The first-order chi connectivity index (χ1) is 9.68. The summed E-state index contributed by atoms with van der Waals surface area (Å²) in [7, 11) is 0. The number of hydrogen-bond donors (Lipinski definition) is 2. The first-order valence-electron chi connectivity index (χ1n) is 7.57. The Balaban J connectivity index is 1.68. The maximum Gasteiger partial charge on any atom is 0.326 e. The molecule has 0 spiro atoms. The average molecular weight is 284 g/mol. The SMILES string of the molecule is O=C(O)C1CCCCN1C(=O)NCCOC1CCCC1. The van der Waals surface area contributed by atoms with Crippen LogP contribution in [0.5, 0.6) is 0 Å². The summed E-state index contributed by atoms with van der Waals surface area (Å²) in [5.41, 5.74) is 0. The molecule has 6 nitrogen and oxygen atoms in total. The molecule has 2 aliphatic rings. The molecule has 1 aliphatic carbocycles. The van der Waals surface area contributed by atoms with Crippen LogP contribution in [0.3, 0.4) is 0 Å². The van der Waals surface area contributed by atoms with E-state index in [0.29, 0.717) is 32.2 Å². The number of aliphatic carboxylic acids is 1. The van der Waals surface area contributed by atoms with Crippen LogP contribution in [0.4, 0.5) is 4.79 Å². The fraction of sp³-hybridized carbons (Fsp3) is 0.857. The highest BCUT2D eigenvalue weighted by Crippen LogP contribution is 2.20. The van der Waals surface area contributed by atoms with Crippen molar-refractivity contribution < 1.29 is 19.4 Å². The van der Waals surface area contributed by atoms with Crippen LogP contribution in [0, 0.1) is 0 Å². The molecule has 2 N–H and O–H groups in total. The average Bonchev–Trinajstić information content (AvgIpc) is 2.96. The van der Waals surface area contributed by atoms with Crippen molar-refractivity contribution in [3.05, 3.63) is 0 Å². The Labute approximate surface area is 119 Å². The molecular formula is C14H24N2O4. The molecule has 2 rings (SSSR count). The Hall–Kier alpha value is -1.30. The second-order valence-electron chi connectivity index (χ2n) is 5.55. The van der Waals surface area contributed by atoms with Crippen molar-refractivity contribution in [3.8, 4) is 0 Å². The van der Waals surface area contributed by atoms with Gasteiger partial charge in [-0.2, -0.15) is 0 Å². The number of carboxylic acid groups (broad SMARTS) is 1. The van der Waals surface area contributed by atoms with Crippen molar-refractivity contribution in [2.24, 2.45) is 0 Å². The van der Waals surface area contributed by atoms with Crippen molar-refractivity contribution >= 4 is 12.0 Å². The van der Waals surface area contributed by atoms with Crippen LogP contribution in [0.15, 0.2) is 0 Å². The van der Waals surface area contributed by atoms with Crippen molar-refractivity contribution in [2.45, 2.75) is 57.1 Å². The summed E-state index contributed by atoms with van der Waals surface area (Å²) in [4.78, 5) is 24.6. The van der Waals surface area contributed by atoms with Crippen LogP contribution >= 0.6 is 0 Å². The molecule has 1 aliphatic heterocycles. The summed E-state index contributed by atoms with van der Waals surface area (Å²) in [6, 6.07) is -0.966. The summed E-state index contributed by atoms with van der Waals surface area (Å²) >= 11 is 0. The van der Waals surface area contributed by atoms with Gasteiger partial charge in [-0.1, -0.05) is 12.8 Å². The number of piperidine rings is 1. The lowest BCUT2D eigenvalue weighted by Gasteiger charge is -2.32. The van der Waals surface area contributed by atoms with Crippen LogP contribution in [0.1, 0.15) is 44.9 Å². The Kier molecular flexibility index (Phi) is 5.64. The van der Waals surface area contributed by atoms with E-state index in [9.17, 15) is 9.59 Å². The lowest BCUT2D eigenvalue weighted by atomic mass is 10.0. The van der Waals surface area contributed by atoms with Gasteiger partial charge in [0.2, 0.25) is 0 Å². The van der Waals surface area contributed by atoms with Crippen LogP contribution in [0.25, 0.3) is 0 Å². The third-order valence-electron chi connectivity index (χ3n) is 4.08. The third kappa shape index (κ3) is 4.10. The van der Waals surface area contributed by atoms with E-state index in [1.165, 1.54) is 17.7 Å². The Morgan fingerprint density at radius 1 is 1.15 bits per heavy atom. The number of carboxylic acids is 1. The molecule has 1 heterocycles. The van der Waals surface area contributed by atoms with E-state index < -0.39 is 12.0 Å². The minimum absolute atomic E-state index is 0.285. The predicted octanol–water partition coefficient (Wildman–Crippen LogP) is 1.59. The second-order valence-corrected chi connectivity index (χ2v) is 5.55. The van der Waals surface area contributed by atoms with Gasteiger partial charge in [0.25, 0.3) is 0 Å². The maximum absolute atomic E-state index is 12.0. The van der Waals surface area contributed by atoms with Crippen molar-refractivity contribution in [1.82, 2.24) is 10.2 Å². The Morgan fingerprint density at radius 3 is 2.55 bits per heavy atom. The van der Waals surface area contributed by atoms with Gasteiger partial charge < -0.3 is 20.1 Å². The van der Waals surface area contributed by atoms with Gasteiger partial charge >= 0.3 is 12.0 Å². The van der Waals surface area contributed by atoms with Crippen LogP contribution in [0.2, 0.25) is 0 Å². The van der Waals surface area contributed by atoms with Gasteiger partial charge in [-0.05, 0) is 32.1 Å². The fourth-order valence-corrected chi connectivity index (χ4v) is 2.97. The second kappa shape index (κ2) is 7.47. The summed E-state index contributed by atoms with van der Waals surface area (Å²) in [5.74, 6) is -0.915. The van der Waals surface area contributed by atoms with Crippen LogP contribution in [-0.2, 0) is 9.53 Å². The Bertz CT molecular complexity index is 342. The first-order valence-corrected chi connectivity index (χ1v) is 7.57. The van der Waals surface area contributed by atoms with Gasteiger partial charge in [0, 0.05) is 13.1 Å². The minimum Gasteiger partial charge on any atom is -0.480 e. The lowest BCUT2D eigenvalue weighted by Crippen LogP contribution is -2.52. The van der Waals surface area contributed by atoms with Gasteiger partial charge in [0.1, 0.15) is 6.04 Å². The topological polar surface area (TPSA) is 78.9 Å². The van der Waals surface area contributed by atoms with E-state index >= 15 is 0 Å². The fourth-order valence-electron chi connectivity index (χ4n) is 2.97. The van der Waals surface area contributed by atoms with Gasteiger partial charge in [0.15, 0.2) is 0 Å². The van der Waals surface area contributed by atoms with Crippen molar-refractivity contribution in [3.63, 3.8) is 0 Å². The highest BCUT2D eigenvalue weighted by atomic mass is 16.5. The van der Waals surface area contributed by atoms with E-state index in [0.717, 1.165) is 25.7 Å². The highest BCUT2D eigenvalue weighted by molar-refractivity contribution is 5.82. The van der Waals surface area contributed by atoms with Crippen LogP contribution < -0.4 is 5.32 Å². The van der Waals surface area contributed by atoms with Gasteiger partial charge in [0.05, 0.1) is 12.7 Å². The molecule has 2 fully saturated rings. The zero-order valence-corrected chi connectivity index (χ0v) is 11.8. The monoisotopic (exact) mass is 284 g/mol. The van der Waals surface area contributed by atoms with E-state index in [-0.39, 0.29) is 6.03 Å². The molecule has 0 aromatic rings. The molecule has 114 valence electrons. The summed E-state index contributed by atoms with van der Waals surface area (Å²) in [5, 5.41) is 11.9. The molecule has 0 aromatic carbocycles. The molecule has 1 saturated carbocycles. The molecule has 0 radical (unpaired) electrons.